The maximum absolute atomic E-state index is 13.6. The van der Waals surface area contributed by atoms with E-state index in [0.717, 1.165) is 24.5 Å². The SMILES string of the molecule is COCCn1c(C)cc(O)c([C@@H](c2ccccc2Cl)N2CCN(c3ccccn3)CC2)c1=O. The maximum atomic E-state index is 13.6. The van der Waals surface area contributed by atoms with Gasteiger partial charge in [-0.25, -0.2) is 4.98 Å². The standard InChI is InChI=1S/C25H29ClN4O3/c1-18-17-21(31)23(25(32)30(18)15-16-33-2)24(19-7-3-4-8-20(19)26)29-13-11-28(12-14-29)22-9-5-6-10-27-22/h3-10,17,24,31H,11-16H2,1-2H3/t24-/m1/s1. The predicted octanol–water partition coefficient (Wildman–Crippen LogP) is 3.47. The Kier molecular flexibility index (Phi) is 7.33. The van der Waals surface area contributed by atoms with Gasteiger partial charge in [-0.3, -0.25) is 9.69 Å². The van der Waals surface area contributed by atoms with Gasteiger partial charge in [0.25, 0.3) is 5.56 Å². The smallest absolute Gasteiger partial charge is 0.259 e. The summed E-state index contributed by atoms with van der Waals surface area (Å²) >= 11 is 6.61. The molecule has 0 amide bonds. The molecule has 0 unspecified atom stereocenters. The van der Waals surface area contributed by atoms with Crippen LogP contribution in [-0.2, 0) is 11.3 Å². The number of benzene rings is 1. The van der Waals surface area contributed by atoms with Crippen LogP contribution in [0.1, 0.15) is 22.9 Å². The Balaban J connectivity index is 1.74. The van der Waals surface area contributed by atoms with Gasteiger partial charge >= 0.3 is 0 Å². The molecule has 1 saturated heterocycles. The third-order valence-corrected chi connectivity index (χ3v) is 6.51. The number of aromatic nitrogens is 2. The van der Waals surface area contributed by atoms with Gasteiger partial charge in [0.1, 0.15) is 11.6 Å². The van der Waals surface area contributed by atoms with E-state index >= 15 is 0 Å². The van der Waals surface area contributed by atoms with Crippen molar-refractivity contribution >= 4 is 17.4 Å². The summed E-state index contributed by atoms with van der Waals surface area (Å²) in [6.45, 7) is 5.53. The average molecular weight is 469 g/mol. The number of nitrogens with zero attached hydrogens (tertiary/aromatic N) is 4. The highest BCUT2D eigenvalue weighted by Crippen LogP contribution is 2.36. The van der Waals surface area contributed by atoms with E-state index in [1.807, 2.05) is 49.4 Å². The summed E-state index contributed by atoms with van der Waals surface area (Å²) in [6, 6.07) is 14.6. The molecule has 0 aliphatic carbocycles. The lowest BCUT2D eigenvalue weighted by Gasteiger charge is -2.40. The number of halogens is 1. The van der Waals surface area contributed by atoms with E-state index in [4.69, 9.17) is 16.3 Å². The molecule has 1 fully saturated rings. The minimum absolute atomic E-state index is 0.0109. The third kappa shape index (κ3) is 4.90. The number of methoxy groups -OCH3 is 1. The normalized spacial score (nSPS) is 15.5. The number of pyridine rings is 2. The van der Waals surface area contributed by atoms with Gasteiger partial charge in [0.2, 0.25) is 0 Å². The molecule has 1 atom stereocenters. The Morgan fingerprint density at radius 1 is 1.12 bits per heavy atom. The van der Waals surface area contributed by atoms with Crippen LogP contribution in [0.15, 0.2) is 59.5 Å². The van der Waals surface area contributed by atoms with E-state index in [2.05, 4.69) is 14.8 Å². The Hall–Kier alpha value is -2.87. The Bertz CT molecular complexity index is 1140. The zero-order valence-corrected chi connectivity index (χ0v) is 19.7. The fourth-order valence-corrected chi connectivity index (χ4v) is 4.71. The highest BCUT2D eigenvalue weighted by atomic mass is 35.5. The number of hydrogen-bond acceptors (Lipinski definition) is 6. The molecule has 174 valence electrons. The first-order valence-electron chi connectivity index (χ1n) is 11.1. The van der Waals surface area contributed by atoms with Crippen molar-refractivity contribution in [2.45, 2.75) is 19.5 Å². The molecule has 1 aliphatic heterocycles. The lowest BCUT2D eigenvalue weighted by atomic mass is 9.96. The molecule has 3 aromatic rings. The number of rotatable bonds is 7. The summed E-state index contributed by atoms with van der Waals surface area (Å²) in [5, 5.41) is 11.5. The van der Waals surface area contributed by atoms with Crippen LogP contribution in [0.25, 0.3) is 0 Å². The van der Waals surface area contributed by atoms with E-state index in [1.165, 1.54) is 0 Å². The minimum Gasteiger partial charge on any atom is -0.507 e. The molecule has 7 nitrogen and oxygen atoms in total. The molecule has 0 bridgehead atoms. The fourth-order valence-electron chi connectivity index (χ4n) is 4.47. The largest absolute Gasteiger partial charge is 0.507 e. The molecule has 33 heavy (non-hydrogen) atoms. The molecule has 0 radical (unpaired) electrons. The molecule has 2 aromatic heterocycles. The molecule has 0 saturated carbocycles. The topological polar surface area (TPSA) is 70.8 Å². The fraction of sp³-hybridized carbons (Fsp3) is 0.360. The minimum atomic E-state index is -0.466. The van der Waals surface area contributed by atoms with Gasteiger partial charge in [-0.05, 0) is 36.8 Å². The zero-order valence-electron chi connectivity index (χ0n) is 18.9. The van der Waals surface area contributed by atoms with Gasteiger partial charge in [-0.1, -0.05) is 35.9 Å². The van der Waals surface area contributed by atoms with Crippen molar-refractivity contribution in [3.05, 3.63) is 86.9 Å². The van der Waals surface area contributed by atoms with Crippen LogP contribution in [0.4, 0.5) is 5.82 Å². The van der Waals surface area contributed by atoms with Crippen molar-refractivity contribution in [3.63, 3.8) is 0 Å². The highest BCUT2D eigenvalue weighted by molar-refractivity contribution is 6.31. The lowest BCUT2D eigenvalue weighted by Crippen LogP contribution is -2.49. The second-order valence-corrected chi connectivity index (χ2v) is 8.58. The first kappa shape index (κ1) is 23.3. The van der Waals surface area contributed by atoms with Crippen LogP contribution < -0.4 is 10.5 Å². The predicted molar refractivity (Wildman–Crippen MR) is 130 cm³/mol. The highest BCUT2D eigenvalue weighted by Gasteiger charge is 2.32. The van der Waals surface area contributed by atoms with Gasteiger partial charge in [0, 0.05) is 56.7 Å². The Labute approximate surface area is 198 Å². The van der Waals surface area contributed by atoms with E-state index in [0.29, 0.717) is 42.5 Å². The van der Waals surface area contributed by atoms with Crippen LogP contribution in [-0.4, -0.2) is 59.5 Å². The Morgan fingerprint density at radius 2 is 1.85 bits per heavy atom. The molecule has 1 aromatic carbocycles. The third-order valence-electron chi connectivity index (χ3n) is 6.17. The summed E-state index contributed by atoms with van der Waals surface area (Å²) in [7, 11) is 1.61. The van der Waals surface area contributed by atoms with Gasteiger partial charge in [-0.15, -0.1) is 0 Å². The summed E-state index contributed by atoms with van der Waals surface area (Å²) in [6.07, 6.45) is 1.79. The van der Waals surface area contributed by atoms with Crippen molar-refractivity contribution < 1.29 is 9.84 Å². The zero-order chi connectivity index (χ0) is 23.4. The second-order valence-electron chi connectivity index (χ2n) is 8.17. The summed E-state index contributed by atoms with van der Waals surface area (Å²) in [5.74, 6) is 0.926. The van der Waals surface area contributed by atoms with Crippen LogP contribution in [0.3, 0.4) is 0 Å². The number of aromatic hydroxyl groups is 1. The van der Waals surface area contributed by atoms with Crippen molar-refractivity contribution in [1.82, 2.24) is 14.5 Å². The van der Waals surface area contributed by atoms with Crippen molar-refractivity contribution in [2.75, 3.05) is 44.8 Å². The van der Waals surface area contributed by atoms with Crippen LogP contribution >= 0.6 is 11.6 Å². The molecule has 1 aliphatic rings. The van der Waals surface area contributed by atoms with Crippen molar-refractivity contribution in [3.8, 4) is 5.75 Å². The Morgan fingerprint density at radius 3 is 2.52 bits per heavy atom. The number of piperazine rings is 1. The second kappa shape index (κ2) is 10.4. The number of ether oxygens (including phenoxy) is 1. The lowest BCUT2D eigenvalue weighted by molar-refractivity contribution is 0.183. The first-order chi connectivity index (χ1) is 16.0. The molecule has 8 heteroatoms. The van der Waals surface area contributed by atoms with E-state index in [9.17, 15) is 9.90 Å². The van der Waals surface area contributed by atoms with E-state index in [-0.39, 0.29) is 11.3 Å². The van der Waals surface area contributed by atoms with E-state index < -0.39 is 6.04 Å². The molecule has 3 heterocycles. The summed E-state index contributed by atoms with van der Waals surface area (Å²) in [4.78, 5) is 22.5. The molecular formula is C25H29ClN4O3. The van der Waals surface area contributed by atoms with Crippen LogP contribution in [0.2, 0.25) is 5.02 Å². The van der Waals surface area contributed by atoms with Crippen molar-refractivity contribution in [2.24, 2.45) is 0 Å². The van der Waals surface area contributed by atoms with Gasteiger partial charge < -0.3 is 19.3 Å². The van der Waals surface area contributed by atoms with Crippen LogP contribution in [0, 0.1) is 6.92 Å². The van der Waals surface area contributed by atoms with Gasteiger partial charge in [-0.2, -0.15) is 0 Å². The number of aryl methyl sites for hydroxylation is 1. The molecule has 1 N–H and O–H groups in total. The maximum Gasteiger partial charge on any atom is 0.259 e. The number of hydrogen-bond donors (Lipinski definition) is 1. The summed E-state index contributed by atoms with van der Waals surface area (Å²) in [5.41, 5.74) is 1.62. The molecule has 0 spiro atoms. The molecular weight excluding hydrogens is 440 g/mol. The molecule has 4 rings (SSSR count). The first-order valence-corrected chi connectivity index (χ1v) is 11.5. The van der Waals surface area contributed by atoms with E-state index in [1.54, 1.807) is 23.9 Å². The van der Waals surface area contributed by atoms with Gasteiger partial charge in [0.15, 0.2) is 0 Å². The van der Waals surface area contributed by atoms with Crippen LogP contribution in [0.5, 0.6) is 5.75 Å². The quantitative estimate of drug-likeness (QED) is 0.572. The summed E-state index contributed by atoms with van der Waals surface area (Å²) < 4.78 is 6.85. The van der Waals surface area contributed by atoms with Crippen molar-refractivity contribution in [1.29, 1.82) is 0 Å². The number of anilines is 1. The monoisotopic (exact) mass is 468 g/mol. The average Bonchev–Trinajstić information content (AvgIpc) is 2.83. The van der Waals surface area contributed by atoms with Gasteiger partial charge in [0.05, 0.1) is 18.2 Å².